The summed E-state index contributed by atoms with van der Waals surface area (Å²) in [6, 6.07) is 0. The van der Waals surface area contributed by atoms with Gasteiger partial charge in [-0.2, -0.15) is 0 Å². The average molecular weight is 193 g/mol. The minimum absolute atomic E-state index is 0.101. The molecule has 0 aromatic rings. The zero-order chi connectivity index (χ0) is 9.03. The first-order valence-corrected chi connectivity index (χ1v) is 5.88. The molecule has 0 radical (unpaired) electrons. The van der Waals surface area contributed by atoms with Crippen LogP contribution >= 0.6 is 0 Å². The zero-order valence-electron chi connectivity index (χ0n) is 7.03. The Labute approximate surface area is 73.1 Å². The molecule has 12 heavy (non-hydrogen) atoms. The lowest BCUT2D eigenvalue weighted by atomic mass is 10.0. The number of sulfonamides is 1. The monoisotopic (exact) mass is 193 g/mol. The van der Waals surface area contributed by atoms with E-state index in [0.717, 1.165) is 26.1 Å². The summed E-state index contributed by atoms with van der Waals surface area (Å²) in [4.78, 5) is 0. The van der Waals surface area contributed by atoms with E-state index in [1.54, 1.807) is 0 Å². The summed E-state index contributed by atoms with van der Waals surface area (Å²) >= 11 is 0. The van der Waals surface area contributed by atoms with Crippen molar-refractivity contribution >= 4 is 10.0 Å². The first-order chi connectivity index (χ1) is 5.58. The molecular formula is C7H15NO3S. The number of ether oxygens (including phenoxy) is 1. The fourth-order valence-corrected chi connectivity index (χ4v) is 1.95. The molecule has 1 rings (SSSR count). The quantitative estimate of drug-likeness (QED) is 0.688. The van der Waals surface area contributed by atoms with Gasteiger partial charge in [-0.1, -0.05) is 0 Å². The number of rotatable bonds is 4. The lowest BCUT2D eigenvalue weighted by Gasteiger charge is -2.04. The molecule has 1 atom stereocenters. The van der Waals surface area contributed by atoms with Gasteiger partial charge in [0.2, 0.25) is 10.0 Å². The van der Waals surface area contributed by atoms with Crippen LogP contribution in [0.1, 0.15) is 19.3 Å². The van der Waals surface area contributed by atoms with Crippen LogP contribution in [0.25, 0.3) is 0 Å². The predicted octanol–water partition coefficient (Wildman–Crippen LogP) is 0.0916. The van der Waals surface area contributed by atoms with Crippen LogP contribution in [0.4, 0.5) is 0 Å². The van der Waals surface area contributed by atoms with Gasteiger partial charge in [0, 0.05) is 13.2 Å². The average Bonchev–Trinajstić information content (AvgIpc) is 2.36. The maximum atomic E-state index is 10.6. The van der Waals surface area contributed by atoms with Crippen molar-refractivity contribution in [2.24, 2.45) is 11.1 Å². The number of hydrogen-bond acceptors (Lipinski definition) is 3. The zero-order valence-corrected chi connectivity index (χ0v) is 7.85. The fraction of sp³-hybridized carbons (Fsp3) is 1.00. The Balaban J connectivity index is 2.09. The van der Waals surface area contributed by atoms with E-state index in [1.807, 2.05) is 0 Å². The van der Waals surface area contributed by atoms with Crippen LogP contribution in [0.5, 0.6) is 0 Å². The third kappa shape index (κ3) is 4.04. The molecule has 1 aliphatic heterocycles. The van der Waals surface area contributed by atoms with E-state index in [-0.39, 0.29) is 5.75 Å². The van der Waals surface area contributed by atoms with E-state index in [0.29, 0.717) is 12.3 Å². The molecule has 1 saturated heterocycles. The summed E-state index contributed by atoms with van der Waals surface area (Å²) in [6.07, 6.45) is 2.63. The predicted molar refractivity (Wildman–Crippen MR) is 46.1 cm³/mol. The van der Waals surface area contributed by atoms with Gasteiger partial charge in [0.15, 0.2) is 0 Å². The van der Waals surface area contributed by atoms with Gasteiger partial charge < -0.3 is 4.74 Å². The SMILES string of the molecule is NS(=O)(=O)CCCC1CCOC1. The lowest BCUT2D eigenvalue weighted by molar-refractivity contribution is 0.184. The first kappa shape index (κ1) is 9.95. The third-order valence-electron chi connectivity index (χ3n) is 2.07. The van der Waals surface area contributed by atoms with Gasteiger partial charge in [0.05, 0.1) is 5.75 Å². The summed E-state index contributed by atoms with van der Waals surface area (Å²) in [5, 5.41) is 4.86. The van der Waals surface area contributed by atoms with Crippen molar-refractivity contribution in [1.82, 2.24) is 0 Å². The highest BCUT2D eigenvalue weighted by Gasteiger charge is 2.15. The van der Waals surface area contributed by atoms with Crippen LogP contribution < -0.4 is 5.14 Å². The minimum atomic E-state index is -3.26. The van der Waals surface area contributed by atoms with E-state index in [9.17, 15) is 8.42 Å². The van der Waals surface area contributed by atoms with Crippen molar-refractivity contribution in [1.29, 1.82) is 0 Å². The lowest BCUT2D eigenvalue weighted by Crippen LogP contribution is -2.17. The molecule has 0 saturated carbocycles. The largest absolute Gasteiger partial charge is 0.381 e. The highest BCUT2D eigenvalue weighted by molar-refractivity contribution is 7.89. The molecule has 5 heteroatoms. The maximum Gasteiger partial charge on any atom is 0.209 e. The van der Waals surface area contributed by atoms with E-state index in [1.165, 1.54) is 0 Å². The van der Waals surface area contributed by atoms with Gasteiger partial charge in [-0.05, 0) is 25.2 Å². The molecule has 2 N–H and O–H groups in total. The van der Waals surface area contributed by atoms with Gasteiger partial charge in [-0.25, -0.2) is 13.6 Å². The Hall–Kier alpha value is -0.130. The second-order valence-corrected chi connectivity index (χ2v) is 4.97. The molecule has 0 amide bonds. The summed E-state index contributed by atoms with van der Waals surface area (Å²) in [5.41, 5.74) is 0. The van der Waals surface area contributed by atoms with E-state index in [2.05, 4.69) is 0 Å². The van der Waals surface area contributed by atoms with Crippen LogP contribution in [0.2, 0.25) is 0 Å². The standard InChI is InChI=1S/C7H15NO3S/c8-12(9,10)5-1-2-7-3-4-11-6-7/h7H,1-6H2,(H2,8,9,10). The van der Waals surface area contributed by atoms with Crippen molar-refractivity contribution in [2.75, 3.05) is 19.0 Å². The summed E-state index contributed by atoms with van der Waals surface area (Å²) in [7, 11) is -3.26. The van der Waals surface area contributed by atoms with Crippen LogP contribution in [-0.4, -0.2) is 27.4 Å². The molecule has 0 bridgehead atoms. The molecule has 1 aliphatic rings. The van der Waals surface area contributed by atoms with Crippen molar-refractivity contribution in [3.63, 3.8) is 0 Å². The Bertz CT molecular complexity index is 219. The molecular weight excluding hydrogens is 178 g/mol. The molecule has 0 aromatic heterocycles. The highest BCUT2D eigenvalue weighted by atomic mass is 32.2. The van der Waals surface area contributed by atoms with Crippen LogP contribution in [-0.2, 0) is 14.8 Å². The van der Waals surface area contributed by atoms with Gasteiger partial charge >= 0.3 is 0 Å². The van der Waals surface area contributed by atoms with Crippen molar-refractivity contribution in [2.45, 2.75) is 19.3 Å². The fourth-order valence-electron chi connectivity index (χ4n) is 1.38. The molecule has 0 aliphatic carbocycles. The van der Waals surface area contributed by atoms with Crippen LogP contribution in [0.15, 0.2) is 0 Å². The number of hydrogen-bond donors (Lipinski definition) is 1. The van der Waals surface area contributed by atoms with Gasteiger partial charge in [0.1, 0.15) is 0 Å². The Kier molecular flexibility index (Phi) is 3.49. The maximum absolute atomic E-state index is 10.6. The molecule has 72 valence electrons. The molecule has 0 spiro atoms. The van der Waals surface area contributed by atoms with Crippen molar-refractivity contribution in [3.05, 3.63) is 0 Å². The number of nitrogens with two attached hydrogens (primary N) is 1. The summed E-state index contributed by atoms with van der Waals surface area (Å²) in [5.74, 6) is 0.649. The van der Waals surface area contributed by atoms with E-state index in [4.69, 9.17) is 9.88 Å². The van der Waals surface area contributed by atoms with Gasteiger partial charge in [0.25, 0.3) is 0 Å². The molecule has 0 aromatic carbocycles. The molecule has 4 nitrogen and oxygen atoms in total. The highest BCUT2D eigenvalue weighted by Crippen LogP contribution is 2.17. The third-order valence-corrected chi connectivity index (χ3v) is 2.92. The first-order valence-electron chi connectivity index (χ1n) is 4.16. The number of primary sulfonamides is 1. The van der Waals surface area contributed by atoms with E-state index < -0.39 is 10.0 Å². The van der Waals surface area contributed by atoms with Crippen molar-refractivity contribution < 1.29 is 13.2 Å². The van der Waals surface area contributed by atoms with Gasteiger partial charge in [-0.15, -0.1) is 0 Å². The van der Waals surface area contributed by atoms with Crippen LogP contribution in [0.3, 0.4) is 0 Å². The smallest absolute Gasteiger partial charge is 0.209 e. The summed E-state index contributed by atoms with van der Waals surface area (Å²) in [6.45, 7) is 1.60. The topological polar surface area (TPSA) is 69.4 Å². The minimum Gasteiger partial charge on any atom is -0.381 e. The second-order valence-electron chi connectivity index (χ2n) is 3.24. The molecule has 1 fully saturated rings. The summed E-state index contributed by atoms with van der Waals surface area (Å²) < 4.78 is 26.3. The van der Waals surface area contributed by atoms with Gasteiger partial charge in [-0.3, -0.25) is 0 Å². The van der Waals surface area contributed by atoms with Crippen molar-refractivity contribution in [3.8, 4) is 0 Å². The molecule has 1 unspecified atom stereocenters. The Morgan fingerprint density at radius 2 is 2.25 bits per heavy atom. The van der Waals surface area contributed by atoms with Crippen LogP contribution in [0, 0.1) is 5.92 Å². The molecule has 1 heterocycles. The van der Waals surface area contributed by atoms with E-state index >= 15 is 0 Å². The second kappa shape index (κ2) is 4.20. The Morgan fingerprint density at radius 3 is 2.75 bits per heavy atom. The Morgan fingerprint density at radius 1 is 1.50 bits per heavy atom. The normalized spacial score (nSPS) is 24.6.